The summed E-state index contributed by atoms with van der Waals surface area (Å²) in [5.41, 5.74) is 6.82. The lowest BCUT2D eigenvalue weighted by molar-refractivity contribution is 0.0978. The Bertz CT molecular complexity index is 1120. The first-order chi connectivity index (χ1) is 16.9. The molecule has 4 rings (SSSR count). The molecule has 190 valence electrons. The lowest BCUT2D eigenvalue weighted by Gasteiger charge is -2.40. The molecular formula is C30H44N4O. The number of hydrogen-bond donors (Lipinski definition) is 1. The molecule has 0 bridgehead atoms. The van der Waals surface area contributed by atoms with Crippen LogP contribution in [0.1, 0.15) is 77.3 Å². The molecule has 35 heavy (non-hydrogen) atoms. The highest BCUT2D eigenvalue weighted by molar-refractivity contribution is 5.82. The Kier molecular flexibility index (Phi) is 9.36. The molecule has 2 atom stereocenters. The summed E-state index contributed by atoms with van der Waals surface area (Å²) in [4.78, 5) is 25.7. The second-order valence-corrected chi connectivity index (χ2v) is 9.75. The van der Waals surface area contributed by atoms with Gasteiger partial charge in [0.25, 0.3) is 0 Å². The van der Waals surface area contributed by atoms with Gasteiger partial charge in [0.05, 0.1) is 11.0 Å². The summed E-state index contributed by atoms with van der Waals surface area (Å²) < 4.78 is 0. The number of fused-ring (bicyclic) bond motifs is 1. The molecule has 1 aromatic heterocycles. The van der Waals surface area contributed by atoms with Crippen molar-refractivity contribution in [3.8, 4) is 11.1 Å². The van der Waals surface area contributed by atoms with Crippen LogP contribution >= 0.6 is 0 Å². The van der Waals surface area contributed by atoms with E-state index in [1.165, 1.54) is 23.1 Å². The Balaban J connectivity index is 0.00000167. The van der Waals surface area contributed by atoms with Gasteiger partial charge >= 0.3 is 6.03 Å². The first-order valence-corrected chi connectivity index (χ1v) is 13.5. The number of aryl methyl sites for hydroxylation is 2. The molecule has 2 amide bonds. The minimum Gasteiger partial charge on any atom is -0.342 e. The predicted octanol–water partition coefficient (Wildman–Crippen LogP) is 7.72. The molecule has 2 unspecified atom stereocenters. The standard InChI is InChI=1S/C28H38N4O.C2H6/c1-6-14-31(28(33)32-17-22(7-2)10-9-20(32)4)18-25-15-23(11-8-19(25)3)24-12-13-26-27(16-24)30-21(5)29-26;1-2/h8,11-13,15-16,20,22H,6-7,9-10,14,17-18H2,1-5H3,(H,29,30);1-2H3. The van der Waals surface area contributed by atoms with Gasteiger partial charge in [0, 0.05) is 25.7 Å². The van der Waals surface area contributed by atoms with Crippen LogP contribution in [-0.4, -0.2) is 44.9 Å². The number of likely N-dealkylation sites (tertiary alicyclic amines) is 1. The van der Waals surface area contributed by atoms with Crippen LogP contribution in [0.3, 0.4) is 0 Å². The average Bonchev–Trinajstić information content (AvgIpc) is 3.25. The number of aromatic amines is 1. The van der Waals surface area contributed by atoms with Crippen molar-refractivity contribution in [2.24, 2.45) is 5.92 Å². The minimum absolute atomic E-state index is 0.196. The highest BCUT2D eigenvalue weighted by Crippen LogP contribution is 2.28. The van der Waals surface area contributed by atoms with Gasteiger partial charge in [0.2, 0.25) is 0 Å². The van der Waals surface area contributed by atoms with E-state index in [4.69, 9.17) is 0 Å². The van der Waals surface area contributed by atoms with Crippen molar-refractivity contribution in [1.29, 1.82) is 0 Å². The van der Waals surface area contributed by atoms with E-state index in [1.807, 2.05) is 20.8 Å². The molecule has 1 saturated heterocycles. The van der Waals surface area contributed by atoms with Crippen LogP contribution in [0.4, 0.5) is 4.79 Å². The number of hydrogen-bond acceptors (Lipinski definition) is 2. The number of carbonyl (C=O) groups is 1. The first-order valence-electron chi connectivity index (χ1n) is 13.5. The number of imidazole rings is 1. The maximum atomic E-state index is 13.6. The van der Waals surface area contributed by atoms with Gasteiger partial charge in [0.15, 0.2) is 0 Å². The van der Waals surface area contributed by atoms with Crippen molar-refractivity contribution in [3.05, 3.63) is 53.3 Å². The molecule has 1 fully saturated rings. The Morgan fingerprint density at radius 3 is 2.51 bits per heavy atom. The largest absolute Gasteiger partial charge is 0.342 e. The van der Waals surface area contributed by atoms with E-state index >= 15 is 0 Å². The van der Waals surface area contributed by atoms with E-state index in [9.17, 15) is 4.79 Å². The van der Waals surface area contributed by atoms with E-state index in [0.717, 1.165) is 54.8 Å². The number of piperidine rings is 1. The quantitative estimate of drug-likeness (QED) is 0.396. The fraction of sp³-hybridized carbons (Fsp3) is 0.533. The third-order valence-corrected chi connectivity index (χ3v) is 7.21. The van der Waals surface area contributed by atoms with Crippen molar-refractivity contribution in [1.82, 2.24) is 19.8 Å². The summed E-state index contributed by atoms with van der Waals surface area (Å²) in [5, 5.41) is 0. The summed E-state index contributed by atoms with van der Waals surface area (Å²) in [5.74, 6) is 1.55. The fourth-order valence-corrected chi connectivity index (χ4v) is 5.02. The predicted molar refractivity (Wildman–Crippen MR) is 148 cm³/mol. The molecule has 2 aromatic carbocycles. The average molecular weight is 477 g/mol. The van der Waals surface area contributed by atoms with Crippen LogP contribution in [0, 0.1) is 19.8 Å². The minimum atomic E-state index is 0.196. The van der Waals surface area contributed by atoms with E-state index in [-0.39, 0.29) is 6.03 Å². The smallest absolute Gasteiger partial charge is 0.320 e. The summed E-state index contributed by atoms with van der Waals surface area (Å²) in [6.45, 7) is 17.0. The number of urea groups is 1. The van der Waals surface area contributed by atoms with E-state index in [0.29, 0.717) is 18.5 Å². The maximum absolute atomic E-state index is 13.6. The van der Waals surface area contributed by atoms with Gasteiger partial charge in [-0.25, -0.2) is 9.78 Å². The lowest BCUT2D eigenvalue weighted by atomic mass is 9.92. The SMILES string of the molecule is CC.CCCN(Cc1cc(-c2ccc3nc(C)[nH]c3c2)ccc1C)C(=O)N1CC(CC)CCC1C. The van der Waals surface area contributed by atoms with Crippen molar-refractivity contribution >= 4 is 17.1 Å². The van der Waals surface area contributed by atoms with Crippen molar-refractivity contribution < 1.29 is 4.79 Å². The zero-order chi connectivity index (χ0) is 25.5. The van der Waals surface area contributed by atoms with Crippen molar-refractivity contribution in [2.45, 2.75) is 86.7 Å². The highest BCUT2D eigenvalue weighted by atomic mass is 16.2. The van der Waals surface area contributed by atoms with Gasteiger partial charge in [0.1, 0.15) is 5.82 Å². The molecule has 0 aliphatic carbocycles. The molecule has 1 aliphatic heterocycles. The summed E-state index contributed by atoms with van der Waals surface area (Å²) >= 11 is 0. The van der Waals surface area contributed by atoms with Gasteiger partial charge in [-0.15, -0.1) is 0 Å². The van der Waals surface area contributed by atoms with Crippen LogP contribution in [-0.2, 0) is 6.54 Å². The monoisotopic (exact) mass is 476 g/mol. The molecule has 1 aliphatic rings. The number of nitrogens with one attached hydrogen (secondary N) is 1. The van der Waals surface area contributed by atoms with E-state index in [2.05, 4.69) is 83.9 Å². The Hall–Kier alpha value is -2.82. The van der Waals surface area contributed by atoms with Gasteiger partial charge in [-0.2, -0.15) is 0 Å². The van der Waals surface area contributed by atoms with Crippen LogP contribution in [0.15, 0.2) is 36.4 Å². The molecule has 0 spiro atoms. The van der Waals surface area contributed by atoms with Crippen molar-refractivity contribution in [3.63, 3.8) is 0 Å². The van der Waals surface area contributed by atoms with Gasteiger partial charge < -0.3 is 14.8 Å². The number of nitrogens with zero attached hydrogens (tertiary/aromatic N) is 3. The third kappa shape index (κ3) is 6.25. The topological polar surface area (TPSA) is 52.2 Å². The molecule has 2 heterocycles. The van der Waals surface area contributed by atoms with Crippen LogP contribution in [0.5, 0.6) is 0 Å². The number of H-pyrrole nitrogens is 1. The highest BCUT2D eigenvalue weighted by Gasteiger charge is 2.31. The van der Waals surface area contributed by atoms with Crippen LogP contribution in [0.25, 0.3) is 22.2 Å². The second-order valence-electron chi connectivity index (χ2n) is 9.75. The molecule has 5 nitrogen and oxygen atoms in total. The Morgan fingerprint density at radius 1 is 1.09 bits per heavy atom. The van der Waals surface area contributed by atoms with Crippen LogP contribution < -0.4 is 0 Å². The summed E-state index contributed by atoms with van der Waals surface area (Å²) in [6, 6.07) is 13.5. The van der Waals surface area contributed by atoms with Crippen molar-refractivity contribution in [2.75, 3.05) is 13.1 Å². The van der Waals surface area contributed by atoms with Gasteiger partial charge in [-0.1, -0.05) is 52.3 Å². The Morgan fingerprint density at radius 2 is 1.80 bits per heavy atom. The number of carbonyl (C=O) groups excluding carboxylic acids is 1. The second kappa shape index (κ2) is 12.2. The molecule has 3 aromatic rings. The third-order valence-electron chi connectivity index (χ3n) is 7.21. The lowest BCUT2D eigenvalue weighted by Crippen LogP contribution is -2.51. The molecule has 5 heteroatoms. The molecule has 0 saturated carbocycles. The zero-order valence-corrected chi connectivity index (χ0v) is 22.8. The molecule has 0 radical (unpaired) electrons. The van der Waals surface area contributed by atoms with Gasteiger partial charge in [-0.05, 0) is 86.4 Å². The summed E-state index contributed by atoms with van der Waals surface area (Å²) in [7, 11) is 0. The number of benzene rings is 2. The number of amides is 2. The first kappa shape index (κ1) is 26.8. The van der Waals surface area contributed by atoms with E-state index < -0.39 is 0 Å². The molecule has 1 N–H and O–H groups in total. The zero-order valence-electron chi connectivity index (χ0n) is 22.8. The Labute approximate surface area is 211 Å². The normalized spacial score (nSPS) is 17.7. The summed E-state index contributed by atoms with van der Waals surface area (Å²) in [6.07, 6.45) is 4.44. The van der Waals surface area contributed by atoms with E-state index in [1.54, 1.807) is 0 Å². The maximum Gasteiger partial charge on any atom is 0.320 e. The number of aromatic nitrogens is 2. The fourth-order valence-electron chi connectivity index (χ4n) is 5.02. The van der Waals surface area contributed by atoms with Crippen LogP contribution in [0.2, 0.25) is 0 Å². The molecular weight excluding hydrogens is 432 g/mol. The van der Waals surface area contributed by atoms with Gasteiger partial charge in [-0.3, -0.25) is 0 Å². The number of rotatable bonds is 6.